The summed E-state index contributed by atoms with van der Waals surface area (Å²) < 4.78 is 0. The van der Waals surface area contributed by atoms with Crippen molar-refractivity contribution >= 4 is 27.4 Å². The van der Waals surface area contributed by atoms with Crippen molar-refractivity contribution in [2.24, 2.45) is 5.92 Å². The molecule has 0 spiro atoms. The maximum Gasteiger partial charge on any atom is 0.138 e. The van der Waals surface area contributed by atoms with Crippen molar-refractivity contribution in [3.05, 3.63) is 16.8 Å². The largest absolute Gasteiger partial charge is 0.391 e. The Hall–Kier alpha value is -1.20. The normalized spacial score (nSPS) is 19.1. The first-order valence-corrected chi connectivity index (χ1v) is 9.30. The third-order valence-corrected chi connectivity index (χ3v) is 6.06. The monoisotopic (exact) mass is 317 g/mol. The van der Waals surface area contributed by atoms with Gasteiger partial charge in [-0.3, -0.25) is 0 Å². The molecule has 2 aliphatic carbocycles. The summed E-state index contributed by atoms with van der Waals surface area (Å²) in [6.07, 6.45) is 11.0. The number of nitrogens with zero attached hydrogens (tertiary/aromatic N) is 2. The fourth-order valence-corrected chi connectivity index (χ4v) is 4.60. The predicted octanol–water partition coefficient (Wildman–Crippen LogP) is 3.53. The summed E-state index contributed by atoms with van der Waals surface area (Å²) in [6.45, 7) is 0.587. The van der Waals surface area contributed by atoms with Gasteiger partial charge in [-0.15, -0.1) is 11.3 Å². The van der Waals surface area contributed by atoms with Crippen LogP contribution in [0.1, 0.15) is 49.0 Å². The lowest BCUT2D eigenvalue weighted by atomic mass is 9.97. The summed E-state index contributed by atoms with van der Waals surface area (Å²) in [7, 11) is 0. The molecule has 2 aromatic rings. The maximum absolute atomic E-state index is 10.1. The second-order valence-corrected chi connectivity index (χ2v) is 7.75. The summed E-state index contributed by atoms with van der Waals surface area (Å²) in [4.78, 5) is 11.5. The first kappa shape index (κ1) is 14.4. The summed E-state index contributed by atoms with van der Waals surface area (Å²) in [5.41, 5.74) is 1.45. The van der Waals surface area contributed by atoms with Crippen molar-refractivity contribution < 1.29 is 5.11 Å². The zero-order valence-corrected chi connectivity index (χ0v) is 13.7. The van der Waals surface area contributed by atoms with Gasteiger partial charge in [0.15, 0.2) is 0 Å². The highest BCUT2D eigenvalue weighted by Crippen LogP contribution is 2.38. The molecule has 0 bridgehead atoms. The Balaban J connectivity index is 1.49. The van der Waals surface area contributed by atoms with Gasteiger partial charge in [-0.1, -0.05) is 12.8 Å². The summed E-state index contributed by atoms with van der Waals surface area (Å²) >= 11 is 1.82. The zero-order chi connectivity index (χ0) is 14.9. The van der Waals surface area contributed by atoms with E-state index in [1.54, 1.807) is 6.33 Å². The average Bonchev–Trinajstić information content (AvgIpc) is 3.29. The number of anilines is 1. The van der Waals surface area contributed by atoms with E-state index in [0.717, 1.165) is 35.8 Å². The fourth-order valence-electron chi connectivity index (χ4n) is 3.38. The van der Waals surface area contributed by atoms with Crippen LogP contribution < -0.4 is 5.32 Å². The van der Waals surface area contributed by atoms with Crippen molar-refractivity contribution in [1.82, 2.24) is 9.97 Å². The van der Waals surface area contributed by atoms with E-state index in [4.69, 9.17) is 0 Å². The predicted molar refractivity (Wildman–Crippen MR) is 90.5 cm³/mol. The first-order chi connectivity index (χ1) is 10.8. The lowest BCUT2D eigenvalue weighted by molar-refractivity contribution is 0.172. The molecule has 0 radical (unpaired) electrons. The van der Waals surface area contributed by atoms with Gasteiger partial charge in [-0.2, -0.15) is 0 Å². The van der Waals surface area contributed by atoms with Crippen LogP contribution in [0.2, 0.25) is 0 Å². The second-order valence-electron chi connectivity index (χ2n) is 6.67. The highest BCUT2D eigenvalue weighted by molar-refractivity contribution is 7.19. The van der Waals surface area contributed by atoms with Crippen LogP contribution in [0, 0.1) is 5.92 Å². The van der Waals surface area contributed by atoms with E-state index in [1.165, 1.54) is 47.9 Å². The molecule has 22 heavy (non-hydrogen) atoms. The number of hydrogen-bond donors (Lipinski definition) is 2. The van der Waals surface area contributed by atoms with Gasteiger partial charge < -0.3 is 10.4 Å². The Bertz CT molecular complexity index is 665. The van der Waals surface area contributed by atoms with Crippen LogP contribution in [0.3, 0.4) is 0 Å². The van der Waals surface area contributed by atoms with Crippen LogP contribution in [0.4, 0.5) is 5.82 Å². The number of nitrogens with one attached hydrogen (secondary N) is 1. The molecule has 0 aromatic carbocycles. The quantitative estimate of drug-likeness (QED) is 0.855. The molecular formula is C17H23N3OS. The van der Waals surface area contributed by atoms with Crippen molar-refractivity contribution in [3.63, 3.8) is 0 Å². The summed E-state index contributed by atoms with van der Waals surface area (Å²) in [6, 6.07) is 0. The number of rotatable bonds is 6. The van der Waals surface area contributed by atoms with Crippen LogP contribution in [-0.4, -0.2) is 27.7 Å². The van der Waals surface area contributed by atoms with Gasteiger partial charge in [0.1, 0.15) is 17.0 Å². The molecule has 118 valence electrons. The van der Waals surface area contributed by atoms with Crippen molar-refractivity contribution in [2.75, 3.05) is 11.9 Å². The van der Waals surface area contributed by atoms with Gasteiger partial charge in [0.2, 0.25) is 0 Å². The molecule has 4 nitrogen and oxygen atoms in total. The molecule has 2 aromatic heterocycles. The highest BCUT2D eigenvalue weighted by atomic mass is 32.1. The van der Waals surface area contributed by atoms with Gasteiger partial charge in [0, 0.05) is 11.4 Å². The van der Waals surface area contributed by atoms with E-state index >= 15 is 0 Å². The van der Waals surface area contributed by atoms with Crippen molar-refractivity contribution in [1.29, 1.82) is 0 Å². The van der Waals surface area contributed by atoms with Crippen molar-refractivity contribution in [3.8, 4) is 0 Å². The molecule has 2 N–H and O–H groups in total. The maximum atomic E-state index is 10.1. The second kappa shape index (κ2) is 6.13. The van der Waals surface area contributed by atoms with Gasteiger partial charge in [-0.05, 0) is 50.0 Å². The molecule has 2 heterocycles. The van der Waals surface area contributed by atoms with Crippen LogP contribution in [0.15, 0.2) is 6.33 Å². The number of thiophene rings is 1. The number of hydrogen-bond acceptors (Lipinski definition) is 5. The first-order valence-electron chi connectivity index (χ1n) is 8.48. The molecule has 1 saturated carbocycles. The number of aliphatic hydroxyl groups is 1. The number of aryl methyl sites for hydroxylation is 2. The smallest absolute Gasteiger partial charge is 0.138 e. The fraction of sp³-hybridized carbons (Fsp3) is 0.647. The third kappa shape index (κ3) is 2.97. The van der Waals surface area contributed by atoms with Crippen LogP contribution in [-0.2, 0) is 12.8 Å². The molecule has 1 atom stereocenters. The molecule has 0 amide bonds. The average molecular weight is 317 g/mol. The van der Waals surface area contributed by atoms with Gasteiger partial charge in [-0.25, -0.2) is 9.97 Å². The Morgan fingerprint density at radius 2 is 2.14 bits per heavy atom. The van der Waals surface area contributed by atoms with Crippen LogP contribution in [0.25, 0.3) is 10.2 Å². The number of fused-ring (bicyclic) bond motifs is 3. The molecular weight excluding hydrogens is 294 g/mol. The Morgan fingerprint density at radius 3 is 3.00 bits per heavy atom. The lowest BCUT2D eigenvalue weighted by Gasteiger charge is -2.14. The summed E-state index contributed by atoms with van der Waals surface area (Å²) in [5, 5.41) is 14.7. The SMILES string of the molecule is OC(CCC1CC1)CNc1ncnc2sc3c(c12)CCCC3. The minimum atomic E-state index is -0.278. The van der Waals surface area contributed by atoms with E-state index in [2.05, 4.69) is 15.3 Å². The molecule has 4 rings (SSSR count). The number of aliphatic hydroxyl groups excluding tert-OH is 1. The number of aromatic nitrogens is 2. The van der Waals surface area contributed by atoms with E-state index in [1.807, 2.05) is 11.3 Å². The summed E-state index contributed by atoms with van der Waals surface area (Å²) in [5.74, 6) is 1.79. The van der Waals surface area contributed by atoms with E-state index in [-0.39, 0.29) is 6.10 Å². The van der Waals surface area contributed by atoms with Gasteiger partial charge in [0.25, 0.3) is 0 Å². The molecule has 1 unspecified atom stereocenters. The highest BCUT2D eigenvalue weighted by Gasteiger charge is 2.23. The Kier molecular flexibility index (Phi) is 4.01. The third-order valence-electron chi connectivity index (χ3n) is 4.86. The molecule has 1 fully saturated rings. The Morgan fingerprint density at radius 1 is 1.27 bits per heavy atom. The van der Waals surface area contributed by atoms with E-state index in [0.29, 0.717) is 6.54 Å². The molecule has 2 aliphatic rings. The minimum absolute atomic E-state index is 0.278. The van der Waals surface area contributed by atoms with Crippen molar-refractivity contribution in [2.45, 2.75) is 57.5 Å². The van der Waals surface area contributed by atoms with E-state index in [9.17, 15) is 5.11 Å². The Labute approximate surface area is 135 Å². The zero-order valence-electron chi connectivity index (χ0n) is 12.8. The molecule has 5 heteroatoms. The minimum Gasteiger partial charge on any atom is -0.391 e. The van der Waals surface area contributed by atoms with E-state index < -0.39 is 0 Å². The molecule has 0 aliphatic heterocycles. The van der Waals surface area contributed by atoms with Crippen LogP contribution in [0.5, 0.6) is 0 Å². The van der Waals surface area contributed by atoms with Gasteiger partial charge >= 0.3 is 0 Å². The lowest BCUT2D eigenvalue weighted by Crippen LogP contribution is -2.20. The van der Waals surface area contributed by atoms with Crippen LogP contribution >= 0.6 is 11.3 Å². The standard InChI is InChI=1S/C17H23N3OS/c21-12(8-7-11-5-6-11)9-18-16-15-13-3-1-2-4-14(13)22-17(15)20-10-19-16/h10-12,21H,1-9H2,(H,18,19,20). The topological polar surface area (TPSA) is 58.0 Å². The molecule has 0 saturated heterocycles. The van der Waals surface area contributed by atoms with Gasteiger partial charge in [0.05, 0.1) is 11.5 Å².